The molecule has 1 aliphatic heterocycles. The number of carboxylic acids is 1. The van der Waals surface area contributed by atoms with Gasteiger partial charge in [-0.2, -0.15) is 5.10 Å². The van der Waals surface area contributed by atoms with Crippen LogP contribution in [-0.2, 0) is 6.54 Å². The maximum atomic E-state index is 10.5. The van der Waals surface area contributed by atoms with E-state index in [0.717, 1.165) is 25.3 Å². The van der Waals surface area contributed by atoms with Gasteiger partial charge < -0.3 is 10.4 Å². The Hall–Kier alpha value is -1.52. The van der Waals surface area contributed by atoms with E-state index in [-0.39, 0.29) is 5.69 Å². The molecule has 0 aliphatic carbocycles. The van der Waals surface area contributed by atoms with Crippen molar-refractivity contribution in [2.24, 2.45) is 0 Å². The Labute approximate surface area is 69.0 Å². The molecule has 0 fully saturated rings. The molecule has 0 unspecified atom stereocenters. The SMILES string of the molecule is O=C(O)c1cc2n(n1)CCCN2. The Kier molecular flexibility index (Phi) is 1.49. The summed E-state index contributed by atoms with van der Waals surface area (Å²) in [5.41, 5.74) is 0.111. The van der Waals surface area contributed by atoms with Gasteiger partial charge in [-0.15, -0.1) is 0 Å². The molecule has 0 bridgehead atoms. The van der Waals surface area contributed by atoms with Crippen LogP contribution in [0.2, 0.25) is 0 Å². The highest BCUT2D eigenvalue weighted by molar-refractivity contribution is 5.86. The van der Waals surface area contributed by atoms with Gasteiger partial charge in [-0.1, -0.05) is 0 Å². The zero-order chi connectivity index (χ0) is 8.55. The summed E-state index contributed by atoms with van der Waals surface area (Å²) in [6, 6.07) is 1.56. The van der Waals surface area contributed by atoms with Crippen LogP contribution in [-0.4, -0.2) is 27.4 Å². The van der Waals surface area contributed by atoms with Crippen molar-refractivity contribution in [2.75, 3.05) is 11.9 Å². The predicted molar refractivity (Wildman–Crippen MR) is 42.3 cm³/mol. The monoisotopic (exact) mass is 167 g/mol. The van der Waals surface area contributed by atoms with E-state index in [1.54, 1.807) is 10.7 Å². The first kappa shape index (κ1) is 7.15. The number of aromatic carboxylic acids is 1. The molecule has 64 valence electrons. The van der Waals surface area contributed by atoms with Gasteiger partial charge in [0.2, 0.25) is 0 Å². The topological polar surface area (TPSA) is 67.1 Å². The van der Waals surface area contributed by atoms with Crippen LogP contribution in [0, 0.1) is 0 Å². The Morgan fingerprint density at radius 2 is 2.58 bits per heavy atom. The standard InChI is InChI=1S/C7H9N3O2/c11-7(12)5-4-6-8-2-1-3-10(6)9-5/h4,8H,1-3H2,(H,11,12). The summed E-state index contributed by atoms with van der Waals surface area (Å²) in [6.45, 7) is 1.69. The minimum absolute atomic E-state index is 0.111. The molecule has 1 aliphatic rings. The van der Waals surface area contributed by atoms with E-state index in [2.05, 4.69) is 10.4 Å². The number of hydrogen-bond acceptors (Lipinski definition) is 3. The normalized spacial score (nSPS) is 15.0. The molecule has 2 heterocycles. The van der Waals surface area contributed by atoms with Gasteiger partial charge in [0.25, 0.3) is 0 Å². The molecular formula is C7H9N3O2. The van der Waals surface area contributed by atoms with Gasteiger partial charge in [-0.05, 0) is 6.42 Å². The second-order valence-corrected chi connectivity index (χ2v) is 2.72. The van der Waals surface area contributed by atoms with E-state index in [1.807, 2.05) is 0 Å². The number of anilines is 1. The average Bonchev–Trinajstić information content (AvgIpc) is 2.46. The highest BCUT2D eigenvalue weighted by atomic mass is 16.4. The van der Waals surface area contributed by atoms with Gasteiger partial charge in [0, 0.05) is 19.2 Å². The molecule has 0 spiro atoms. The zero-order valence-corrected chi connectivity index (χ0v) is 6.45. The summed E-state index contributed by atoms with van der Waals surface area (Å²) in [5, 5.41) is 15.6. The molecule has 5 nitrogen and oxygen atoms in total. The van der Waals surface area contributed by atoms with E-state index in [4.69, 9.17) is 5.11 Å². The van der Waals surface area contributed by atoms with Crippen LogP contribution in [0.15, 0.2) is 6.07 Å². The van der Waals surface area contributed by atoms with E-state index < -0.39 is 5.97 Å². The lowest BCUT2D eigenvalue weighted by Crippen LogP contribution is -2.17. The first-order chi connectivity index (χ1) is 5.77. The molecule has 2 N–H and O–H groups in total. The zero-order valence-electron chi connectivity index (χ0n) is 6.45. The van der Waals surface area contributed by atoms with Gasteiger partial charge in [-0.25, -0.2) is 9.48 Å². The van der Waals surface area contributed by atoms with Gasteiger partial charge >= 0.3 is 5.97 Å². The summed E-state index contributed by atoms with van der Waals surface area (Å²) in [6.07, 6.45) is 0.994. The Balaban J connectivity index is 2.38. The van der Waals surface area contributed by atoms with Crippen molar-refractivity contribution in [3.05, 3.63) is 11.8 Å². The van der Waals surface area contributed by atoms with Crippen LogP contribution in [0.4, 0.5) is 5.82 Å². The molecule has 0 amide bonds. The number of fused-ring (bicyclic) bond motifs is 1. The van der Waals surface area contributed by atoms with Crippen LogP contribution < -0.4 is 5.32 Å². The number of aromatic nitrogens is 2. The fraction of sp³-hybridized carbons (Fsp3) is 0.429. The Morgan fingerprint density at radius 1 is 1.75 bits per heavy atom. The summed E-state index contributed by atoms with van der Waals surface area (Å²) >= 11 is 0. The van der Waals surface area contributed by atoms with Crippen molar-refractivity contribution < 1.29 is 9.90 Å². The number of nitrogens with zero attached hydrogens (tertiary/aromatic N) is 2. The van der Waals surface area contributed by atoms with Crippen LogP contribution in [0.5, 0.6) is 0 Å². The molecule has 2 rings (SSSR count). The largest absolute Gasteiger partial charge is 0.476 e. The maximum absolute atomic E-state index is 10.5. The van der Waals surface area contributed by atoms with E-state index >= 15 is 0 Å². The fourth-order valence-corrected chi connectivity index (χ4v) is 1.28. The van der Waals surface area contributed by atoms with Crippen molar-refractivity contribution >= 4 is 11.8 Å². The molecule has 0 saturated carbocycles. The summed E-state index contributed by atoms with van der Waals surface area (Å²) in [5.74, 6) is -0.169. The van der Waals surface area contributed by atoms with Crippen molar-refractivity contribution in [2.45, 2.75) is 13.0 Å². The fourth-order valence-electron chi connectivity index (χ4n) is 1.28. The number of aryl methyl sites for hydroxylation is 1. The van der Waals surface area contributed by atoms with E-state index in [9.17, 15) is 4.79 Å². The average molecular weight is 167 g/mol. The van der Waals surface area contributed by atoms with Gasteiger partial charge in [0.05, 0.1) is 0 Å². The van der Waals surface area contributed by atoms with Crippen LogP contribution >= 0.6 is 0 Å². The quantitative estimate of drug-likeness (QED) is 0.635. The van der Waals surface area contributed by atoms with E-state index in [1.165, 1.54) is 0 Å². The lowest BCUT2D eigenvalue weighted by molar-refractivity contribution is 0.0689. The predicted octanol–water partition coefficient (Wildman–Crippen LogP) is 0.397. The molecule has 0 atom stereocenters. The number of hydrogen-bond donors (Lipinski definition) is 2. The third-order valence-corrected chi connectivity index (χ3v) is 1.85. The van der Waals surface area contributed by atoms with Crippen LogP contribution in [0.25, 0.3) is 0 Å². The summed E-state index contributed by atoms with van der Waals surface area (Å²) < 4.78 is 1.69. The van der Waals surface area contributed by atoms with Gasteiger partial charge in [0.1, 0.15) is 5.82 Å². The third-order valence-electron chi connectivity index (χ3n) is 1.85. The molecule has 0 radical (unpaired) electrons. The lowest BCUT2D eigenvalue weighted by atomic mass is 10.3. The van der Waals surface area contributed by atoms with E-state index in [0.29, 0.717) is 0 Å². The number of rotatable bonds is 1. The molecule has 1 aromatic rings. The molecule has 0 aromatic carbocycles. The van der Waals surface area contributed by atoms with Crippen LogP contribution in [0.1, 0.15) is 16.9 Å². The minimum atomic E-state index is -0.973. The lowest BCUT2D eigenvalue weighted by Gasteiger charge is -2.14. The third kappa shape index (κ3) is 1.03. The smallest absolute Gasteiger partial charge is 0.356 e. The van der Waals surface area contributed by atoms with Crippen LogP contribution in [0.3, 0.4) is 0 Å². The van der Waals surface area contributed by atoms with Crippen molar-refractivity contribution in [1.29, 1.82) is 0 Å². The highest BCUT2D eigenvalue weighted by Crippen LogP contribution is 2.14. The number of carboxylic acid groups (broad SMARTS) is 1. The summed E-state index contributed by atoms with van der Waals surface area (Å²) in [7, 11) is 0. The number of nitrogens with one attached hydrogen (secondary N) is 1. The first-order valence-corrected chi connectivity index (χ1v) is 3.82. The Morgan fingerprint density at radius 3 is 3.25 bits per heavy atom. The Bertz CT molecular complexity index is 295. The molecular weight excluding hydrogens is 158 g/mol. The van der Waals surface area contributed by atoms with Crippen molar-refractivity contribution in [1.82, 2.24) is 9.78 Å². The minimum Gasteiger partial charge on any atom is -0.476 e. The summed E-state index contributed by atoms with van der Waals surface area (Å²) in [4.78, 5) is 10.5. The maximum Gasteiger partial charge on any atom is 0.356 e. The number of carbonyl (C=O) groups is 1. The second kappa shape index (κ2) is 2.51. The first-order valence-electron chi connectivity index (χ1n) is 3.82. The van der Waals surface area contributed by atoms with Gasteiger partial charge in [-0.3, -0.25) is 0 Å². The highest BCUT2D eigenvalue weighted by Gasteiger charge is 2.14. The molecule has 12 heavy (non-hydrogen) atoms. The van der Waals surface area contributed by atoms with Crippen molar-refractivity contribution in [3.8, 4) is 0 Å². The molecule has 1 aromatic heterocycles. The van der Waals surface area contributed by atoms with Crippen molar-refractivity contribution in [3.63, 3.8) is 0 Å². The second-order valence-electron chi connectivity index (χ2n) is 2.72. The molecule has 0 saturated heterocycles. The van der Waals surface area contributed by atoms with Gasteiger partial charge in [0.15, 0.2) is 5.69 Å². The molecule has 5 heteroatoms.